The molecule has 5 heteroatoms. The molecule has 0 amide bonds. The number of benzene rings is 1. The van der Waals surface area contributed by atoms with Crippen molar-refractivity contribution in [1.82, 2.24) is 14.9 Å². The number of hydrogen-bond acceptors (Lipinski definition) is 2. The van der Waals surface area contributed by atoms with Crippen LogP contribution in [0.1, 0.15) is 25.5 Å². The third-order valence-corrected chi connectivity index (χ3v) is 3.31. The van der Waals surface area contributed by atoms with Gasteiger partial charge in [-0.2, -0.15) is 0 Å². The molecule has 1 aromatic carbocycles. The molecule has 0 aliphatic carbocycles. The summed E-state index contributed by atoms with van der Waals surface area (Å²) in [6.45, 7) is 4.97. The quantitative estimate of drug-likeness (QED) is 0.910. The standard InChI is InChI=1S/C14H17ClFN3/c1-10(8-19-6-5-17-9-19)18-11(2)12-3-4-14(16)13(15)7-12/h3-7,9-11,18H,8H2,1-2H3/t10-,11-/m1/s1. The largest absolute Gasteiger partial charge is 0.336 e. The van der Waals surface area contributed by atoms with Crippen LogP contribution in [-0.2, 0) is 6.54 Å². The molecule has 2 aromatic rings. The second kappa shape index (κ2) is 6.17. The van der Waals surface area contributed by atoms with Crippen LogP contribution in [0.3, 0.4) is 0 Å². The summed E-state index contributed by atoms with van der Waals surface area (Å²) in [5.74, 6) is -0.385. The first kappa shape index (κ1) is 14.0. The van der Waals surface area contributed by atoms with Gasteiger partial charge in [0.15, 0.2) is 0 Å². The summed E-state index contributed by atoms with van der Waals surface area (Å²) in [5, 5.41) is 3.61. The van der Waals surface area contributed by atoms with Crippen molar-refractivity contribution in [3.63, 3.8) is 0 Å². The molecule has 2 rings (SSSR count). The number of hydrogen-bond donors (Lipinski definition) is 1. The number of halogens is 2. The van der Waals surface area contributed by atoms with Crippen molar-refractivity contribution >= 4 is 11.6 Å². The second-order valence-corrected chi connectivity index (χ2v) is 5.13. The predicted octanol–water partition coefficient (Wildman–Crippen LogP) is 3.41. The number of nitrogens with zero attached hydrogens (tertiary/aromatic N) is 2. The Labute approximate surface area is 117 Å². The van der Waals surface area contributed by atoms with E-state index in [0.29, 0.717) is 0 Å². The minimum absolute atomic E-state index is 0.108. The third-order valence-electron chi connectivity index (χ3n) is 3.02. The summed E-state index contributed by atoms with van der Waals surface area (Å²) in [5.41, 5.74) is 0.976. The Bertz CT molecular complexity index is 527. The molecule has 0 spiro atoms. The minimum atomic E-state index is -0.385. The Kier molecular flexibility index (Phi) is 4.56. The lowest BCUT2D eigenvalue weighted by Crippen LogP contribution is -2.32. The monoisotopic (exact) mass is 281 g/mol. The van der Waals surface area contributed by atoms with Gasteiger partial charge in [-0.05, 0) is 31.5 Å². The van der Waals surface area contributed by atoms with E-state index >= 15 is 0 Å². The number of nitrogens with one attached hydrogen (secondary N) is 1. The predicted molar refractivity (Wildman–Crippen MR) is 74.6 cm³/mol. The van der Waals surface area contributed by atoms with E-state index in [-0.39, 0.29) is 22.9 Å². The molecule has 0 fully saturated rings. The lowest BCUT2D eigenvalue weighted by molar-refractivity contribution is 0.430. The summed E-state index contributed by atoms with van der Waals surface area (Å²) < 4.78 is 15.1. The van der Waals surface area contributed by atoms with Crippen LogP contribution < -0.4 is 5.32 Å². The maximum atomic E-state index is 13.1. The van der Waals surface area contributed by atoms with Gasteiger partial charge in [-0.25, -0.2) is 9.37 Å². The summed E-state index contributed by atoms with van der Waals surface area (Å²) in [6, 6.07) is 5.20. The van der Waals surface area contributed by atoms with Crippen molar-refractivity contribution in [2.24, 2.45) is 0 Å². The molecule has 1 heterocycles. The fourth-order valence-electron chi connectivity index (χ4n) is 2.07. The van der Waals surface area contributed by atoms with Gasteiger partial charge in [0.25, 0.3) is 0 Å². The van der Waals surface area contributed by atoms with Gasteiger partial charge in [0, 0.05) is 31.0 Å². The Morgan fingerprint density at radius 1 is 1.42 bits per heavy atom. The maximum absolute atomic E-state index is 13.1. The van der Waals surface area contributed by atoms with Crippen molar-refractivity contribution in [3.8, 4) is 0 Å². The molecule has 0 unspecified atom stereocenters. The average Bonchev–Trinajstić information content (AvgIpc) is 2.85. The van der Waals surface area contributed by atoms with E-state index in [1.807, 2.05) is 17.7 Å². The summed E-state index contributed by atoms with van der Waals surface area (Å²) in [6.07, 6.45) is 5.48. The summed E-state index contributed by atoms with van der Waals surface area (Å²) in [4.78, 5) is 4.01. The van der Waals surface area contributed by atoms with Gasteiger partial charge in [-0.1, -0.05) is 17.7 Å². The van der Waals surface area contributed by atoms with E-state index in [1.165, 1.54) is 6.07 Å². The fraction of sp³-hybridized carbons (Fsp3) is 0.357. The van der Waals surface area contributed by atoms with Crippen molar-refractivity contribution in [2.45, 2.75) is 32.5 Å². The first-order valence-electron chi connectivity index (χ1n) is 6.23. The van der Waals surface area contributed by atoms with Gasteiger partial charge in [0.05, 0.1) is 11.3 Å². The van der Waals surface area contributed by atoms with Gasteiger partial charge in [0.2, 0.25) is 0 Å². The van der Waals surface area contributed by atoms with Gasteiger partial charge >= 0.3 is 0 Å². The topological polar surface area (TPSA) is 29.9 Å². The normalized spacial score (nSPS) is 14.3. The van der Waals surface area contributed by atoms with E-state index in [0.717, 1.165) is 12.1 Å². The lowest BCUT2D eigenvalue weighted by atomic mass is 10.1. The Balaban J connectivity index is 1.96. The second-order valence-electron chi connectivity index (χ2n) is 4.72. The number of imidazole rings is 1. The van der Waals surface area contributed by atoms with Crippen molar-refractivity contribution in [3.05, 3.63) is 53.3 Å². The van der Waals surface area contributed by atoms with Crippen LogP contribution in [0.25, 0.3) is 0 Å². The summed E-state index contributed by atoms with van der Waals surface area (Å²) >= 11 is 5.79. The van der Waals surface area contributed by atoms with E-state index in [1.54, 1.807) is 24.7 Å². The molecule has 1 N–H and O–H groups in total. The molecule has 0 aliphatic heterocycles. The highest BCUT2D eigenvalue weighted by Crippen LogP contribution is 2.21. The van der Waals surface area contributed by atoms with E-state index in [4.69, 9.17) is 11.6 Å². The Morgan fingerprint density at radius 2 is 2.21 bits per heavy atom. The smallest absolute Gasteiger partial charge is 0.141 e. The van der Waals surface area contributed by atoms with E-state index < -0.39 is 0 Å². The molecule has 0 aliphatic rings. The Hall–Kier alpha value is -1.39. The lowest BCUT2D eigenvalue weighted by Gasteiger charge is -2.21. The molecule has 0 bridgehead atoms. The van der Waals surface area contributed by atoms with Crippen molar-refractivity contribution in [1.29, 1.82) is 0 Å². The van der Waals surface area contributed by atoms with Gasteiger partial charge in [-0.3, -0.25) is 0 Å². The maximum Gasteiger partial charge on any atom is 0.141 e. The van der Waals surface area contributed by atoms with E-state index in [2.05, 4.69) is 17.2 Å². The number of aromatic nitrogens is 2. The third kappa shape index (κ3) is 3.78. The Morgan fingerprint density at radius 3 is 2.84 bits per heavy atom. The molecule has 19 heavy (non-hydrogen) atoms. The minimum Gasteiger partial charge on any atom is -0.336 e. The molecule has 0 radical (unpaired) electrons. The summed E-state index contributed by atoms with van der Waals surface area (Å²) in [7, 11) is 0. The zero-order valence-electron chi connectivity index (χ0n) is 11.0. The van der Waals surface area contributed by atoms with Gasteiger partial charge in [0.1, 0.15) is 5.82 Å². The molecule has 3 nitrogen and oxygen atoms in total. The average molecular weight is 282 g/mol. The zero-order valence-corrected chi connectivity index (χ0v) is 11.7. The van der Waals surface area contributed by atoms with Gasteiger partial charge < -0.3 is 9.88 Å². The van der Waals surface area contributed by atoms with E-state index in [9.17, 15) is 4.39 Å². The molecule has 0 saturated carbocycles. The van der Waals surface area contributed by atoms with Crippen LogP contribution in [0.5, 0.6) is 0 Å². The first-order chi connectivity index (χ1) is 9.06. The van der Waals surface area contributed by atoms with Crippen LogP contribution in [-0.4, -0.2) is 15.6 Å². The highest BCUT2D eigenvalue weighted by molar-refractivity contribution is 6.30. The van der Waals surface area contributed by atoms with Crippen LogP contribution in [0.15, 0.2) is 36.9 Å². The zero-order chi connectivity index (χ0) is 13.8. The van der Waals surface area contributed by atoms with Crippen molar-refractivity contribution in [2.75, 3.05) is 0 Å². The molecule has 2 atom stereocenters. The highest BCUT2D eigenvalue weighted by atomic mass is 35.5. The number of rotatable bonds is 5. The SMILES string of the molecule is C[C@H](Cn1ccnc1)N[C@H](C)c1ccc(F)c(Cl)c1. The highest BCUT2D eigenvalue weighted by Gasteiger charge is 2.11. The van der Waals surface area contributed by atoms with Crippen LogP contribution in [0, 0.1) is 5.82 Å². The molecular weight excluding hydrogens is 265 g/mol. The fourth-order valence-corrected chi connectivity index (χ4v) is 2.26. The van der Waals surface area contributed by atoms with Crippen LogP contribution in [0.2, 0.25) is 5.02 Å². The van der Waals surface area contributed by atoms with Crippen LogP contribution >= 0.6 is 11.6 Å². The first-order valence-corrected chi connectivity index (χ1v) is 6.61. The molecule has 1 aromatic heterocycles. The van der Waals surface area contributed by atoms with Crippen LogP contribution in [0.4, 0.5) is 4.39 Å². The molecule has 102 valence electrons. The van der Waals surface area contributed by atoms with Gasteiger partial charge in [-0.15, -0.1) is 0 Å². The molecular formula is C14H17ClFN3. The molecule has 0 saturated heterocycles. The van der Waals surface area contributed by atoms with Crippen molar-refractivity contribution < 1.29 is 4.39 Å².